The van der Waals surface area contributed by atoms with Crippen LogP contribution < -0.4 is 5.32 Å². The molecule has 1 saturated carbocycles. The Morgan fingerprint density at radius 2 is 1.88 bits per heavy atom. The van der Waals surface area contributed by atoms with E-state index in [4.69, 9.17) is 0 Å². The predicted molar refractivity (Wildman–Crippen MR) is 94.7 cm³/mol. The molecule has 1 heterocycles. The maximum Gasteiger partial charge on any atom is 0.238 e. The van der Waals surface area contributed by atoms with Gasteiger partial charge in [-0.15, -0.1) is 0 Å². The monoisotopic (exact) mass is 333 g/mol. The molecule has 24 heavy (non-hydrogen) atoms. The van der Waals surface area contributed by atoms with Crippen molar-refractivity contribution in [3.63, 3.8) is 0 Å². The Morgan fingerprint density at radius 1 is 1.17 bits per heavy atom. The summed E-state index contributed by atoms with van der Waals surface area (Å²) >= 11 is 0. The number of hydrogen-bond donors (Lipinski definition) is 1. The first kappa shape index (κ1) is 17.4. The maximum atomic E-state index is 13.3. The third-order valence-electron chi connectivity index (χ3n) is 5.31. The molecule has 1 aromatic rings. The highest BCUT2D eigenvalue weighted by atomic mass is 19.1. The number of carbonyl (C=O) groups is 1. The van der Waals surface area contributed by atoms with Gasteiger partial charge in [-0.2, -0.15) is 0 Å². The van der Waals surface area contributed by atoms with Crippen LogP contribution in [0.25, 0.3) is 0 Å². The van der Waals surface area contributed by atoms with Crippen molar-refractivity contribution >= 4 is 11.6 Å². The SMILES string of the molecule is Cc1cc(NC(=O)CN2CCN(C3CCCCC3)CC2)ccc1F. The molecule has 1 aliphatic heterocycles. The van der Waals surface area contributed by atoms with E-state index in [0.717, 1.165) is 32.2 Å². The number of aryl methyl sites for hydroxylation is 1. The number of hydrogen-bond acceptors (Lipinski definition) is 3. The summed E-state index contributed by atoms with van der Waals surface area (Å²) < 4.78 is 13.3. The van der Waals surface area contributed by atoms with Crippen LogP contribution in [-0.4, -0.2) is 54.5 Å². The summed E-state index contributed by atoms with van der Waals surface area (Å²) in [6, 6.07) is 5.44. The third-order valence-corrected chi connectivity index (χ3v) is 5.31. The molecule has 3 rings (SSSR count). The largest absolute Gasteiger partial charge is 0.325 e. The molecular formula is C19H28FN3O. The second-order valence-electron chi connectivity index (χ2n) is 7.12. The van der Waals surface area contributed by atoms with Gasteiger partial charge in [0, 0.05) is 37.9 Å². The molecule has 1 N–H and O–H groups in total. The van der Waals surface area contributed by atoms with Crippen molar-refractivity contribution in [1.29, 1.82) is 0 Å². The lowest BCUT2D eigenvalue weighted by Crippen LogP contribution is -2.52. The first-order valence-corrected chi connectivity index (χ1v) is 9.14. The van der Waals surface area contributed by atoms with Crippen LogP contribution in [0.5, 0.6) is 0 Å². The van der Waals surface area contributed by atoms with Crippen LogP contribution in [0.3, 0.4) is 0 Å². The number of carbonyl (C=O) groups excluding carboxylic acids is 1. The molecule has 1 aromatic carbocycles. The van der Waals surface area contributed by atoms with Gasteiger partial charge in [0.2, 0.25) is 5.91 Å². The molecule has 1 saturated heterocycles. The standard InChI is InChI=1S/C19H28FN3O/c1-15-13-16(7-8-18(15)20)21-19(24)14-22-9-11-23(12-10-22)17-5-3-2-4-6-17/h7-8,13,17H,2-6,9-12,14H2,1H3,(H,21,24). The molecular weight excluding hydrogens is 305 g/mol. The van der Waals surface area contributed by atoms with Crippen LogP contribution in [0, 0.1) is 12.7 Å². The zero-order valence-corrected chi connectivity index (χ0v) is 14.6. The quantitative estimate of drug-likeness (QED) is 0.920. The Labute approximate surface area is 144 Å². The molecule has 1 amide bonds. The molecule has 0 atom stereocenters. The van der Waals surface area contributed by atoms with Gasteiger partial charge < -0.3 is 5.32 Å². The van der Waals surface area contributed by atoms with E-state index in [0.29, 0.717) is 17.8 Å². The topological polar surface area (TPSA) is 35.6 Å². The van der Waals surface area contributed by atoms with Crippen molar-refractivity contribution in [2.45, 2.75) is 45.1 Å². The molecule has 4 nitrogen and oxygen atoms in total. The van der Waals surface area contributed by atoms with Crippen molar-refractivity contribution in [3.8, 4) is 0 Å². The maximum absolute atomic E-state index is 13.3. The van der Waals surface area contributed by atoms with E-state index in [2.05, 4.69) is 15.1 Å². The smallest absolute Gasteiger partial charge is 0.238 e. The predicted octanol–water partition coefficient (Wildman–Crippen LogP) is 3.02. The van der Waals surface area contributed by atoms with Crippen LogP contribution in [0.2, 0.25) is 0 Å². The average molecular weight is 333 g/mol. The molecule has 2 fully saturated rings. The summed E-state index contributed by atoms with van der Waals surface area (Å²) in [7, 11) is 0. The van der Waals surface area contributed by atoms with Gasteiger partial charge in [-0.05, 0) is 43.5 Å². The molecule has 0 radical (unpaired) electrons. The summed E-state index contributed by atoms with van der Waals surface area (Å²) in [5, 5.41) is 2.87. The minimum atomic E-state index is -0.244. The normalized spacial score (nSPS) is 20.9. The minimum Gasteiger partial charge on any atom is -0.325 e. The lowest BCUT2D eigenvalue weighted by Gasteiger charge is -2.40. The van der Waals surface area contributed by atoms with E-state index in [1.165, 1.54) is 38.2 Å². The average Bonchev–Trinajstić information content (AvgIpc) is 2.59. The van der Waals surface area contributed by atoms with Gasteiger partial charge >= 0.3 is 0 Å². The van der Waals surface area contributed by atoms with Gasteiger partial charge in [0.05, 0.1) is 6.54 Å². The summed E-state index contributed by atoms with van der Waals surface area (Å²) in [6.07, 6.45) is 6.79. The highest BCUT2D eigenvalue weighted by Crippen LogP contribution is 2.23. The molecule has 0 bridgehead atoms. The second-order valence-corrected chi connectivity index (χ2v) is 7.12. The summed E-state index contributed by atoms with van der Waals surface area (Å²) in [4.78, 5) is 17.0. The number of rotatable bonds is 4. The first-order valence-electron chi connectivity index (χ1n) is 9.14. The van der Waals surface area contributed by atoms with Crippen molar-refractivity contribution in [1.82, 2.24) is 9.80 Å². The van der Waals surface area contributed by atoms with Gasteiger partial charge in [-0.25, -0.2) is 4.39 Å². The van der Waals surface area contributed by atoms with Gasteiger partial charge in [0.15, 0.2) is 0 Å². The number of benzene rings is 1. The number of nitrogens with one attached hydrogen (secondary N) is 1. The molecule has 1 aliphatic carbocycles. The molecule has 0 unspecified atom stereocenters. The minimum absolute atomic E-state index is 0.0212. The van der Waals surface area contributed by atoms with Crippen molar-refractivity contribution in [3.05, 3.63) is 29.6 Å². The van der Waals surface area contributed by atoms with Gasteiger partial charge in [0.1, 0.15) is 5.82 Å². The van der Waals surface area contributed by atoms with Crippen LogP contribution in [0.1, 0.15) is 37.7 Å². The lowest BCUT2D eigenvalue weighted by molar-refractivity contribution is -0.117. The van der Waals surface area contributed by atoms with E-state index in [1.54, 1.807) is 19.1 Å². The van der Waals surface area contributed by atoms with Crippen LogP contribution >= 0.6 is 0 Å². The number of amides is 1. The number of anilines is 1. The Kier molecular flexibility index (Phi) is 5.85. The Bertz CT molecular complexity index is 564. The zero-order chi connectivity index (χ0) is 16.9. The Balaban J connectivity index is 1.43. The molecule has 0 spiro atoms. The van der Waals surface area contributed by atoms with Gasteiger partial charge in [0.25, 0.3) is 0 Å². The molecule has 132 valence electrons. The zero-order valence-electron chi connectivity index (χ0n) is 14.6. The van der Waals surface area contributed by atoms with Crippen LogP contribution in [0.4, 0.5) is 10.1 Å². The van der Waals surface area contributed by atoms with Crippen LogP contribution in [-0.2, 0) is 4.79 Å². The van der Waals surface area contributed by atoms with E-state index in [-0.39, 0.29) is 11.7 Å². The molecule has 2 aliphatic rings. The highest BCUT2D eigenvalue weighted by Gasteiger charge is 2.25. The molecule has 0 aromatic heterocycles. The van der Waals surface area contributed by atoms with E-state index < -0.39 is 0 Å². The van der Waals surface area contributed by atoms with Gasteiger partial charge in [-0.1, -0.05) is 19.3 Å². The Hall–Kier alpha value is -1.46. The number of halogens is 1. The first-order chi connectivity index (χ1) is 11.6. The summed E-state index contributed by atoms with van der Waals surface area (Å²) in [5.41, 5.74) is 1.22. The van der Waals surface area contributed by atoms with Crippen LogP contribution in [0.15, 0.2) is 18.2 Å². The summed E-state index contributed by atoms with van der Waals surface area (Å²) in [5.74, 6) is -0.265. The van der Waals surface area contributed by atoms with E-state index in [9.17, 15) is 9.18 Å². The van der Waals surface area contributed by atoms with Crippen molar-refractivity contribution in [2.75, 3.05) is 38.0 Å². The summed E-state index contributed by atoms with van der Waals surface area (Å²) in [6.45, 7) is 6.14. The van der Waals surface area contributed by atoms with E-state index >= 15 is 0 Å². The van der Waals surface area contributed by atoms with Crippen molar-refractivity contribution in [2.24, 2.45) is 0 Å². The number of nitrogens with zero attached hydrogens (tertiary/aromatic N) is 2. The van der Waals surface area contributed by atoms with E-state index in [1.807, 2.05) is 0 Å². The fraction of sp³-hybridized carbons (Fsp3) is 0.632. The lowest BCUT2D eigenvalue weighted by atomic mass is 9.94. The fourth-order valence-electron chi connectivity index (χ4n) is 3.86. The number of piperazine rings is 1. The highest BCUT2D eigenvalue weighted by molar-refractivity contribution is 5.92. The van der Waals surface area contributed by atoms with Gasteiger partial charge in [-0.3, -0.25) is 14.6 Å². The van der Waals surface area contributed by atoms with Crippen molar-refractivity contribution < 1.29 is 9.18 Å². The molecule has 5 heteroatoms. The third kappa shape index (κ3) is 4.54. The Morgan fingerprint density at radius 3 is 2.54 bits per heavy atom. The fourth-order valence-corrected chi connectivity index (χ4v) is 3.86. The second kappa shape index (κ2) is 8.08.